The Kier molecular flexibility index (Phi) is 5.38. The van der Waals surface area contributed by atoms with Gasteiger partial charge in [-0.3, -0.25) is 9.79 Å². The third-order valence-electron chi connectivity index (χ3n) is 5.57. The number of nitrogens with zero attached hydrogens (tertiary/aromatic N) is 2. The number of methoxy groups -OCH3 is 1. The molecule has 3 aromatic rings. The number of carbonyl (C=O) groups is 1. The Hall–Kier alpha value is -3.44. The molecule has 4 rings (SSSR count). The molecule has 3 aromatic carbocycles. The molecule has 0 aliphatic carbocycles. The number of para-hydroxylation sites is 1. The lowest BCUT2D eigenvalue weighted by Crippen LogP contribution is -2.45. The van der Waals surface area contributed by atoms with Crippen molar-refractivity contribution < 1.29 is 9.53 Å². The minimum Gasteiger partial charge on any atom is -0.497 e. The number of benzene rings is 3. The summed E-state index contributed by atoms with van der Waals surface area (Å²) in [5, 5.41) is 1.64. The van der Waals surface area contributed by atoms with Gasteiger partial charge in [-0.1, -0.05) is 48.5 Å². The smallest absolute Gasteiger partial charge is 0.252 e. The van der Waals surface area contributed by atoms with Gasteiger partial charge in [-0.05, 0) is 55.8 Å². The van der Waals surface area contributed by atoms with Crippen LogP contribution in [-0.2, 0) is 10.3 Å². The van der Waals surface area contributed by atoms with Crippen molar-refractivity contribution in [2.75, 3.05) is 12.1 Å². The van der Waals surface area contributed by atoms with Gasteiger partial charge in [0.2, 0.25) is 0 Å². The SMILES string of the molecule is COc1ccc(N=C(C)[C@@H]2C(=O)N(c3ccccc3)N[C@]2(C)c2ccccc2)cc1. The molecule has 0 bridgehead atoms. The molecule has 0 unspecified atom stereocenters. The van der Waals surface area contributed by atoms with Crippen LogP contribution in [0.25, 0.3) is 0 Å². The molecule has 0 radical (unpaired) electrons. The third-order valence-corrected chi connectivity index (χ3v) is 5.57. The van der Waals surface area contributed by atoms with Crippen molar-refractivity contribution in [2.24, 2.45) is 10.9 Å². The average molecular weight is 399 g/mol. The minimum absolute atomic E-state index is 0.0256. The lowest BCUT2D eigenvalue weighted by molar-refractivity contribution is -0.119. The number of aliphatic imine (C=N–C) groups is 1. The maximum absolute atomic E-state index is 13.6. The van der Waals surface area contributed by atoms with E-state index in [0.717, 1.165) is 28.4 Å². The van der Waals surface area contributed by atoms with Gasteiger partial charge in [0.15, 0.2) is 0 Å². The van der Waals surface area contributed by atoms with E-state index in [1.54, 1.807) is 12.1 Å². The number of nitrogens with one attached hydrogen (secondary N) is 1. The van der Waals surface area contributed by atoms with Crippen LogP contribution in [0.3, 0.4) is 0 Å². The van der Waals surface area contributed by atoms with E-state index in [-0.39, 0.29) is 5.91 Å². The number of hydrazine groups is 1. The van der Waals surface area contributed by atoms with Gasteiger partial charge < -0.3 is 4.74 Å². The summed E-state index contributed by atoms with van der Waals surface area (Å²) in [4.78, 5) is 18.4. The first kappa shape index (κ1) is 19.9. The molecule has 1 aliphatic heterocycles. The van der Waals surface area contributed by atoms with Crippen LogP contribution in [0.5, 0.6) is 5.75 Å². The van der Waals surface area contributed by atoms with Crippen molar-refractivity contribution >= 4 is 23.0 Å². The molecule has 0 saturated carbocycles. The number of anilines is 1. The van der Waals surface area contributed by atoms with Gasteiger partial charge in [0.25, 0.3) is 5.91 Å². The fourth-order valence-electron chi connectivity index (χ4n) is 4.03. The largest absolute Gasteiger partial charge is 0.497 e. The van der Waals surface area contributed by atoms with E-state index >= 15 is 0 Å². The Morgan fingerprint density at radius 3 is 2.17 bits per heavy atom. The van der Waals surface area contributed by atoms with Gasteiger partial charge in [-0.2, -0.15) is 0 Å². The Balaban J connectivity index is 1.77. The Morgan fingerprint density at radius 1 is 0.967 bits per heavy atom. The topological polar surface area (TPSA) is 53.9 Å². The molecule has 5 nitrogen and oxygen atoms in total. The fourth-order valence-corrected chi connectivity index (χ4v) is 4.03. The fraction of sp³-hybridized carbons (Fsp3) is 0.200. The summed E-state index contributed by atoms with van der Waals surface area (Å²) >= 11 is 0. The summed E-state index contributed by atoms with van der Waals surface area (Å²) in [5.74, 6) is 0.291. The van der Waals surface area contributed by atoms with Gasteiger partial charge in [-0.15, -0.1) is 0 Å². The highest BCUT2D eigenvalue weighted by atomic mass is 16.5. The van der Waals surface area contributed by atoms with E-state index in [1.165, 1.54) is 0 Å². The monoisotopic (exact) mass is 399 g/mol. The van der Waals surface area contributed by atoms with Crippen molar-refractivity contribution in [3.63, 3.8) is 0 Å². The highest BCUT2D eigenvalue weighted by Gasteiger charge is 2.52. The van der Waals surface area contributed by atoms with E-state index in [9.17, 15) is 4.79 Å². The summed E-state index contributed by atoms with van der Waals surface area (Å²) < 4.78 is 5.23. The second kappa shape index (κ2) is 8.13. The number of carbonyl (C=O) groups excluding carboxylic acids is 1. The average Bonchev–Trinajstić information content (AvgIpc) is 3.07. The second-order valence-corrected chi connectivity index (χ2v) is 7.57. The number of rotatable bonds is 5. The first-order valence-electron chi connectivity index (χ1n) is 9.94. The standard InChI is InChI=1S/C25H25N3O2/c1-18(26-20-14-16-22(30-3)17-15-20)23-24(29)28(21-12-8-5-9-13-21)27-25(23,2)19-10-6-4-7-11-19/h4-17,23,27H,1-3H3/t23-,25-/m1/s1. The zero-order chi connectivity index (χ0) is 21.1. The molecule has 1 heterocycles. The van der Waals surface area contributed by atoms with Crippen molar-refractivity contribution in [1.29, 1.82) is 0 Å². The summed E-state index contributed by atoms with van der Waals surface area (Å²) in [5.41, 5.74) is 6.22. The second-order valence-electron chi connectivity index (χ2n) is 7.57. The molecule has 1 amide bonds. The van der Waals surface area contributed by atoms with Gasteiger partial charge in [-0.25, -0.2) is 10.4 Å². The third kappa shape index (κ3) is 3.60. The number of hydrogen-bond acceptors (Lipinski definition) is 4. The highest BCUT2D eigenvalue weighted by Crippen LogP contribution is 2.39. The van der Waals surface area contributed by atoms with E-state index in [4.69, 9.17) is 9.73 Å². The van der Waals surface area contributed by atoms with Crippen LogP contribution >= 0.6 is 0 Å². The van der Waals surface area contributed by atoms with E-state index in [0.29, 0.717) is 0 Å². The molecule has 152 valence electrons. The molecule has 1 aliphatic rings. The normalized spacial score (nSPS) is 21.7. The van der Waals surface area contributed by atoms with Gasteiger partial charge in [0, 0.05) is 5.71 Å². The molecule has 5 heteroatoms. The van der Waals surface area contributed by atoms with Crippen molar-refractivity contribution in [2.45, 2.75) is 19.4 Å². The van der Waals surface area contributed by atoms with Gasteiger partial charge >= 0.3 is 0 Å². The quantitative estimate of drug-likeness (QED) is 0.623. The summed E-state index contributed by atoms with van der Waals surface area (Å²) in [6, 6.07) is 27.2. The van der Waals surface area contributed by atoms with Crippen LogP contribution in [0, 0.1) is 5.92 Å². The number of hydrogen-bond donors (Lipinski definition) is 1. The van der Waals surface area contributed by atoms with E-state index in [2.05, 4.69) is 12.3 Å². The summed E-state index contributed by atoms with van der Waals surface area (Å²) in [6.07, 6.45) is 0. The Bertz CT molecular complexity index is 1050. The Morgan fingerprint density at radius 2 is 1.57 bits per heavy atom. The zero-order valence-electron chi connectivity index (χ0n) is 17.4. The Labute approximate surface area is 177 Å². The van der Waals surface area contributed by atoms with Crippen LogP contribution in [0.15, 0.2) is 89.9 Å². The maximum atomic E-state index is 13.6. The van der Waals surface area contributed by atoms with Gasteiger partial charge in [0.1, 0.15) is 11.7 Å². The molecule has 1 fully saturated rings. The van der Waals surface area contributed by atoms with Crippen LogP contribution in [0.1, 0.15) is 19.4 Å². The lowest BCUT2D eigenvalue weighted by atomic mass is 9.78. The molecule has 2 atom stereocenters. The van der Waals surface area contributed by atoms with Crippen molar-refractivity contribution in [3.05, 3.63) is 90.5 Å². The van der Waals surface area contributed by atoms with Crippen LogP contribution in [0.2, 0.25) is 0 Å². The molecular weight excluding hydrogens is 374 g/mol. The van der Waals surface area contributed by atoms with Gasteiger partial charge in [0.05, 0.1) is 24.0 Å². The van der Waals surface area contributed by atoms with E-state index in [1.807, 2.05) is 91.9 Å². The number of amides is 1. The van der Waals surface area contributed by atoms with Crippen molar-refractivity contribution in [1.82, 2.24) is 5.43 Å². The molecule has 1 N–H and O–H groups in total. The first-order valence-corrected chi connectivity index (χ1v) is 9.94. The molecular formula is C25H25N3O2. The molecule has 0 spiro atoms. The number of ether oxygens (including phenoxy) is 1. The highest BCUT2D eigenvalue weighted by molar-refractivity contribution is 6.13. The summed E-state index contributed by atoms with van der Waals surface area (Å²) in [7, 11) is 1.63. The zero-order valence-corrected chi connectivity index (χ0v) is 17.4. The first-order chi connectivity index (χ1) is 14.5. The van der Waals surface area contributed by atoms with Crippen LogP contribution in [-0.4, -0.2) is 18.7 Å². The predicted molar refractivity (Wildman–Crippen MR) is 120 cm³/mol. The summed E-state index contributed by atoms with van der Waals surface area (Å²) in [6.45, 7) is 3.98. The minimum atomic E-state index is -0.631. The lowest BCUT2D eigenvalue weighted by Gasteiger charge is -2.30. The molecule has 1 saturated heterocycles. The van der Waals surface area contributed by atoms with Crippen LogP contribution in [0.4, 0.5) is 11.4 Å². The predicted octanol–water partition coefficient (Wildman–Crippen LogP) is 4.87. The molecule has 30 heavy (non-hydrogen) atoms. The van der Waals surface area contributed by atoms with Crippen LogP contribution < -0.4 is 15.2 Å². The van der Waals surface area contributed by atoms with E-state index < -0.39 is 11.5 Å². The van der Waals surface area contributed by atoms with Crippen molar-refractivity contribution in [3.8, 4) is 5.75 Å². The molecule has 0 aromatic heterocycles. The maximum Gasteiger partial charge on any atom is 0.252 e.